The first-order valence-corrected chi connectivity index (χ1v) is 7.06. The van der Waals surface area contributed by atoms with Crippen molar-refractivity contribution in [3.8, 4) is 0 Å². The molecule has 2 heteroatoms. The van der Waals surface area contributed by atoms with Crippen molar-refractivity contribution in [3.63, 3.8) is 0 Å². The summed E-state index contributed by atoms with van der Waals surface area (Å²) >= 11 is 0. The number of nitrogens with one attached hydrogen (secondary N) is 1. The number of allylic oxidation sites excluding steroid dienone is 4. The molecule has 0 aromatic carbocycles. The Morgan fingerprint density at radius 1 is 1.28 bits per heavy atom. The van der Waals surface area contributed by atoms with Crippen molar-refractivity contribution >= 4 is 0 Å². The van der Waals surface area contributed by atoms with Crippen LogP contribution in [0.3, 0.4) is 0 Å². The predicted molar refractivity (Wildman–Crippen MR) is 78.6 cm³/mol. The van der Waals surface area contributed by atoms with E-state index in [9.17, 15) is 0 Å². The van der Waals surface area contributed by atoms with E-state index in [1.165, 1.54) is 17.6 Å². The van der Waals surface area contributed by atoms with Gasteiger partial charge in [-0.25, -0.2) is 0 Å². The quantitative estimate of drug-likeness (QED) is 0.719. The highest BCUT2D eigenvalue weighted by atomic mass is 16.5. The summed E-state index contributed by atoms with van der Waals surface area (Å²) < 4.78 is 5.71. The minimum Gasteiger partial charge on any atom is -0.361 e. The maximum atomic E-state index is 5.71. The van der Waals surface area contributed by atoms with Crippen LogP contribution in [0.1, 0.15) is 53.9 Å². The normalized spacial score (nSPS) is 21.2. The lowest BCUT2D eigenvalue weighted by molar-refractivity contribution is 0.00894. The third-order valence-corrected chi connectivity index (χ3v) is 3.49. The summed E-state index contributed by atoms with van der Waals surface area (Å²) in [6.07, 6.45) is 8.29. The Hall–Kier alpha value is -0.600. The Balaban J connectivity index is 2.38. The van der Waals surface area contributed by atoms with Gasteiger partial charge >= 0.3 is 0 Å². The van der Waals surface area contributed by atoms with E-state index >= 15 is 0 Å². The molecule has 2 nitrogen and oxygen atoms in total. The highest BCUT2D eigenvalue weighted by molar-refractivity contribution is 5.04. The maximum absolute atomic E-state index is 5.71. The lowest BCUT2D eigenvalue weighted by Gasteiger charge is -2.29. The molecule has 18 heavy (non-hydrogen) atoms. The second-order valence-electron chi connectivity index (χ2n) is 6.27. The molecular weight excluding hydrogens is 222 g/mol. The second kappa shape index (κ2) is 7.10. The highest BCUT2D eigenvalue weighted by Gasteiger charge is 2.31. The lowest BCUT2D eigenvalue weighted by atomic mass is 9.86. The maximum Gasteiger partial charge on any atom is 0.113 e. The predicted octanol–water partition coefficient (Wildman–Crippen LogP) is 4.04. The Labute approximate surface area is 112 Å². The van der Waals surface area contributed by atoms with Crippen molar-refractivity contribution in [3.05, 3.63) is 23.3 Å². The largest absolute Gasteiger partial charge is 0.361 e. The third kappa shape index (κ3) is 5.36. The molecule has 0 spiro atoms. The molecule has 1 aliphatic heterocycles. The van der Waals surface area contributed by atoms with Crippen LogP contribution in [0, 0.1) is 5.41 Å². The Bertz CT molecular complexity index is 305. The van der Waals surface area contributed by atoms with Crippen molar-refractivity contribution in [2.75, 3.05) is 13.2 Å². The van der Waals surface area contributed by atoms with Crippen LogP contribution < -0.4 is 5.32 Å². The Morgan fingerprint density at radius 2 is 2.00 bits per heavy atom. The first-order valence-electron chi connectivity index (χ1n) is 7.06. The molecule has 1 fully saturated rings. The molecule has 0 radical (unpaired) electrons. The second-order valence-corrected chi connectivity index (χ2v) is 6.27. The van der Waals surface area contributed by atoms with Crippen LogP contribution >= 0.6 is 0 Å². The summed E-state index contributed by atoms with van der Waals surface area (Å²) in [7, 11) is 0. The van der Waals surface area contributed by atoms with Gasteiger partial charge in [0, 0.05) is 12.0 Å². The molecule has 1 atom stereocenters. The zero-order valence-corrected chi connectivity index (χ0v) is 12.7. The molecule has 1 N–H and O–H groups in total. The Morgan fingerprint density at radius 3 is 2.56 bits per heavy atom. The van der Waals surface area contributed by atoms with E-state index < -0.39 is 0 Å². The molecule has 0 aromatic rings. The van der Waals surface area contributed by atoms with Gasteiger partial charge in [0.25, 0.3) is 0 Å². The van der Waals surface area contributed by atoms with Gasteiger partial charge in [-0.05, 0) is 40.0 Å². The fraction of sp³-hybridized carbons (Fsp3) is 0.750. The molecule has 1 aliphatic rings. The molecule has 0 saturated carbocycles. The minimum atomic E-state index is 0.175. The van der Waals surface area contributed by atoms with E-state index in [0.29, 0.717) is 0 Å². The van der Waals surface area contributed by atoms with Crippen LogP contribution in [0.4, 0.5) is 0 Å². The molecule has 1 rings (SSSR count). The number of hydrogen-bond donors (Lipinski definition) is 1. The van der Waals surface area contributed by atoms with Crippen molar-refractivity contribution in [1.82, 2.24) is 5.32 Å². The fourth-order valence-electron chi connectivity index (χ4n) is 2.16. The third-order valence-electron chi connectivity index (χ3n) is 3.49. The van der Waals surface area contributed by atoms with Crippen LogP contribution in [-0.2, 0) is 4.74 Å². The number of ether oxygens (including phenoxy) is 1. The number of rotatable bonds is 6. The first kappa shape index (κ1) is 15.5. The molecule has 0 amide bonds. The van der Waals surface area contributed by atoms with Gasteiger partial charge in [0.05, 0.1) is 6.61 Å². The van der Waals surface area contributed by atoms with E-state index in [4.69, 9.17) is 4.74 Å². The summed E-state index contributed by atoms with van der Waals surface area (Å²) in [6.45, 7) is 12.9. The fourth-order valence-corrected chi connectivity index (χ4v) is 2.16. The minimum absolute atomic E-state index is 0.175. The summed E-state index contributed by atoms with van der Waals surface area (Å²) in [6, 6.07) is 0. The van der Waals surface area contributed by atoms with Gasteiger partial charge in [-0.15, -0.1) is 0 Å². The molecule has 1 heterocycles. The SMILES string of the molecule is CC(C)=CCC/C(C)=C/CC(C)(C)C1NCCO1. The first-order chi connectivity index (χ1) is 8.42. The molecule has 104 valence electrons. The lowest BCUT2D eigenvalue weighted by Crippen LogP contribution is -2.38. The van der Waals surface area contributed by atoms with E-state index in [1.807, 2.05) is 0 Å². The van der Waals surface area contributed by atoms with Crippen LogP contribution in [0.25, 0.3) is 0 Å². The summed E-state index contributed by atoms with van der Waals surface area (Å²) in [4.78, 5) is 0. The smallest absolute Gasteiger partial charge is 0.113 e. The van der Waals surface area contributed by atoms with Crippen LogP contribution in [0.2, 0.25) is 0 Å². The zero-order valence-electron chi connectivity index (χ0n) is 12.7. The average Bonchev–Trinajstić information content (AvgIpc) is 2.80. The van der Waals surface area contributed by atoms with E-state index in [2.05, 4.69) is 52.1 Å². The van der Waals surface area contributed by atoms with Crippen molar-refractivity contribution in [2.24, 2.45) is 5.41 Å². The van der Waals surface area contributed by atoms with E-state index in [0.717, 1.165) is 26.0 Å². The van der Waals surface area contributed by atoms with Gasteiger partial charge in [-0.1, -0.05) is 37.1 Å². The van der Waals surface area contributed by atoms with Crippen LogP contribution in [-0.4, -0.2) is 19.4 Å². The molecule has 0 bridgehead atoms. The molecule has 1 saturated heterocycles. The van der Waals surface area contributed by atoms with E-state index in [-0.39, 0.29) is 11.6 Å². The molecular formula is C16H29NO. The van der Waals surface area contributed by atoms with E-state index in [1.54, 1.807) is 0 Å². The van der Waals surface area contributed by atoms with Crippen molar-refractivity contribution in [2.45, 2.75) is 60.1 Å². The van der Waals surface area contributed by atoms with Gasteiger partial charge in [0.1, 0.15) is 6.23 Å². The topological polar surface area (TPSA) is 21.3 Å². The summed E-state index contributed by atoms with van der Waals surface area (Å²) in [5, 5.41) is 3.42. The van der Waals surface area contributed by atoms with Crippen molar-refractivity contribution in [1.29, 1.82) is 0 Å². The van der Waals surface area contributed by atoms with Gasteiger partial charge in [-0.2, -0.15) is 0 Å². The summed E-state index contributed by atoms with van der Waals surface area (Å²) in [5.74, 6) is 0. The van der Waals surface area contributed by atoms with Gasteiger partial charge in [0.15, 0.2) is 0 Å². The molecule has 1 unspecified atom stereocenters. The van der Waals surface area contributed by atoms with Gasteiger partial charge in [0.2, 0.25) is 0 Å². The molecule has 0 aromatic heterocycles. The van der Waals surface area contributed by atoms with Crippen molar-refractivity contribution < 1.29 is 4.74 Å². The van der Waals surface area contributed by atoms with Crippen LogP contribution in [0.5, 0.6) is 0 Å². The number of hydrogen-bond acceptors (Lipinski definition) is 2. The zero-order chi connectivity index (χ0) is 13.6. The average molecular weight is 251 g/mol. The standard InChI is InChI=1S/C16H29NO/c1-13(2)7-6-8-14(3)9-10-16(4,5)15-17-11-12-18-15/h7,9,15,17H,6,8,10-12H2,1-5H3/b14-9+. The highest BCUT2D eigenvalue weighted by Crippen LogP contribution is 2.29. The van der Waals surface area contributed by atoms with Gasteiger partial charge < -0.3 is 4.74 Å². The monoisotopic (exact) mass is 251 g/mol. The van der Waals surface area contributed by atoms with Crippen LogP contribution in [0.15, 0.2) is 23.3 Å². The molecule has 0 aliphatic carbocycles. The summed E-state index contributed by atoms with van der Waals surface area (Å²) in [5.41, 5.74) is 3.07. The Kier molecular flexibility index (Phi) is 6.10. The van der Waals surface area contributed by atoms with Gasteiger partial charge in [-0.3, -0.25) is 5.32 Å².